The molecule has 0 fully saturated rings. The molecule has 65 heavy (non-hydrogen) atoms. The van der Waals surface area contributed by atoms with Gasteiger partial charge in [-0.3, -0.25) is 0 Å². The number of aromatic nitrogens is 5. The zero-order valence-electron chi connectivity index (χ0n) is 37.8. The highest BCUT2D eigenvalue weighted by molar-refractivity contribution is 6.18. The first-order valence-electron chi connectivity index (χ1n) is 24.1. The van der Waals surface area contributed by atoms with Gasteiger partial charge in [-0.15, -0.1) is 32.0 Å². The Hall–Kier alpha value is -6.05. The molecule has 8 heteroatoms. The summed E-state index contributed by atoms with van der Waals surface area (Å²) in [6.45, 7) is 5.32. The molecule has 0 spiro atoms. The number of para-hydroxylation sites is 1. The van der Waals surface area contributed by atoms with Crippen LogP contribution in [-0.4, -0.2) is 30.8 Å². The summed E-state index contributed by atoms with van der Waals surface area (Å²) in [4.78, 5) is 0. The molecule has 1 aliphatic rings. The summed E-state index contributed by atoms with van der Waals surface area (Å²) >= 11 is 6.26. The van der Waals surface area contributed by atoms with Crippen LogP contribution in [0, 0.1) is 0 Å². The number of rotatable bonds is 20. The summed E-state index contributed by atoms with van der Waals surface area (Å²) in [7, 11) is 0. The number of alkyl halides is 1. The first-order valence-corrected chi connectivity index (χ1v) is 24.7. The third-order valence-corrected chi connectivity index (χ3v) is 14.1. The Balaban J connectivity index is 1.03. The van der Waals surface area contributed by atoms with E-state index in [9.17, 15) is 0 Å². The maximum absolute atomic E-state index is 6.61. The Labute approximate surface area is 387 Å². The number of hydrogen-bond donors (Lipinski definition) is 0. The van der Waals surface area contributed by atoms with Crippen molar-refractivity contribution in [1.29, 1.82) is 0 Å². The molecule has 3 aromatic heterocycles. The van der Waals surface area contributed by atoms with Crippen LogP contribution in [0.5, 0.6) is 0 Å². The lowest BCUT2D eigenvalue weighted by molar-refractivity contribution is 0.398. The van der Waals surface area contributed by atoms with Crippen LogP contribution in [0.2, 0.25) is 0 Å². The van der Waals surface area contributed by atoms with Crippen LogP contribution in [0.1, 0.15) is 115 Å². The van der Waals surface area contributed by atoms with Gasteiger partial charge in [0.1, 0.15) is 0 Å². The zero-order chi connectivity index (χ0) is 44.2. The number of hydrogen-bond acceptors (Lipinski definition) is 6. The van der Waals surface area contributed by atoms with Gasteiger partial charge in [-0.05, 0) is 100 Å². The second kappa shape index (κ2) is 19.2. The van der Waals surface area contributed by atoms with Gasteiger partial charge >= 0.3 is 0 Å². The summed E-state index contributed by atoms with van der Waals surface area (Å²) < 4.78 is 15.5. The average Bonchev–Trinajstić information content (AvgIpc) is 4.16. The van der Waals surface area contributed by atoms with Crippen LogP contribution in [0.25, 0.3) is 89.5 Å². The Bertz CT molecular complexity index is 3060. The number of halogens is 1. The van der Waals surface area contributed by atoms with Gasteiger partial charge in [-0.1, -0.05) is 158 Å². The molecular weight excluding hydrogens is 822 g/mol. The molecule has 0 bridgehead atoms. The maximum atomic E-state index is 6.61. The second-order valence-electron chi connectivity index (χ2n) is 18.1. The van der Waals surface area contributed by atoms with Gasteiger partial charge in [0.25, 0.3) is 0 Å². The van der Waals surface area contributed by atoms with Crippen molar-refractivity contribution in [3.63, 3.8) is 0 Å². The van der Waals surface area contributed by atoms with Crippen molar-refractivity contribution >= 4 is 44.2 Å². The molecule has 0 atom stereocenters. The summed E-state index contributed by atoms with van der Waals surface area (Å²) in [6, 6.07) is 43.2. The highest BCUT2D eigenvalue weighted by atomic mass is 35.5. The Morgan fingerprint density at radius 3 is 1.62 bits per heavy atom. The van der Waals surface area contributed by atoms with Crippen molar-refractivity contribution in [2.24, 2.45) is 0 Å². The lowest BCUT2D eigenvalue weighted by Gasteiger charge is -2.33. The van der Waals surface area contributed by atoms with Crippen molar-refractivity contribution in [3.05, 3.63) is 132 Å². The fraction of sp³-hybridized carbons (Fsp3) is 0.333. The SMILES string of the molecule is CCCCCCCCC1(CCCCCCCC)c2cc(-c3nnc(-c4ccc5c(c4)c4ccccc4n5CCCl)o3)ccc2-c2ccc(-c3nnc(-c4cccc5ccccc45)o3)cc21. The molecule has 10 rings (SSSR count). The minimum Gasteiger partial charge on any atom is -0.416 e. The number of nitrogens with zero attached hydrogens (tertiary/aromatic N) is 5. The molecule has 0 saturated heterocycles. The third kappa shape index (κ3) is 8.29. The fourth-order valence-electron chi connectivity index (χ4n) is 10.7. The molecule has 9 aromatic rings. The van der Waals surface area contributed by atoms with E-state index in [1.54, 1.807) is 0 Å². The van der Waals surface area contributed by atoms with E-state index in [4.69, 9.17) is 25.5 Å². The van der Waals surface area contributed by atoms with Crippen LogP contribution >= 0.6 is 11.6 Å². The highest BCUT2D eigenvalue weighted by Crippen LogP contribution is 2.56. The van der Waals surface area contributed by atoms with E-state index < -0.39 is 0 Å². The van der Waals surface area contributed by atoms with Crippen LogP contribution in [0.15, 0.2) is 130 Å². The summed E-state index contributed by atoms with van der Waals surface area (Å²) in [5.74, 6) is 2.66. The molecule has 0 amide bonds. The molecule has 1 aliphatic carbocycles. The predicted molar refractivity (Wildman–Crippen MR) is 267 cm³/mol. The predicted octanol–water partition coefficient (Wildman–Crippen LogP) is 16.4. The number of benzene rings is 6. The van der Waals surface area contributed by atoms with Gasteiger partial charge in [-0.25, -0.2) is 0 Å². The van der Waals surface area contributed by atoms with Crippen LogP contribution in [0.3, 0.4) is 0 Å². The smallest absolute Gasteiger partial charge is 0.248 e. The minimum atomic E-state index is -0.199. The van der Waals surface area contributed by atoms with E-state index in [1.807, 2.05) is 0 Å². The average molecular weight is 881 g/mol. The zero-order valence-corrected chi connectivity index (χ0v) is 38.5. The lowest BCUT2D eigenvalue weighted by Crippen LogP contribution is -2.25. The van der Waals surface area contributed by atoms with Gasteiger partial charge in [-0.2, -0.15) is 0 Å². The van der Waals surface area contributed by atoms with Crippen LogP contribution < -0.4 is 0 Å². The molecule has 0 saturated carbocycles. The molecule has 6 aromatic carbocycles. The molecule has 7 nitrogen and oxygen atoms in total. The summed E-state index contributed by atoms with van der Waals surface area (Å²) in [6.07, 6.45) is 17.1. The third-order valence-electron chi connectivity index (χ3n) is 14.0. The molecule has 0 radical (unpaired) electrons. The van der Waals surface area contributed by atoms with E-state index >= 15 is 0 Å². The van der Waals surface area contributed by atoms with Crippen molar-refractivity contribution in [2.45, 2.75) is 116 Å². The van der Waals surface area contributed by atoms with Crippen LogP contribution in [0.4, 0.5) is 0 Å². The van der Waals surface area contributed by atoms with Crippen molar-refractivity contribution < 1.29 is 8.83 Å². The minimum absolute atomic E-state index is 0.199. The van der Waals surface area contributed by atoms with Crippen molar-refractivity contribution in [3.8, 4) is 56.9 Å². The molecule has 0 aliphatic heterocycles. The van der Waals surface area contributed by atoms with Crippen molar-refractivity contribution in [2.75, 3.05) is 5.88 Å². The normalized spacial score (nSPS) is 13.0. The van der Waals surface area contributed by atoms with E-state index in [1.165, 1.54) is 97.4 Å². The largest absolute Gasteiger partial charge is 0.416 e. The quantitative estimate of drug-likeness (QED) is 0.0560. The first kappa shape index (κ1) is 42.9. The molecule has 330 valence electrons. The lowest BCUT2D eigenvalue weighted by atomic mass is 9.70. The number of unbranched alkanes of at least 4 members (excludes halogenated alkanes) is 10. The van der Waals surface area contributed by atoms with Crippen molar-refractivity contribution in [1.82, 2.24) is 25.0 Å². The molecule has 3 heterocycles. The first-order chi connectivity index (χ1) is 32.1. The number of aryl methyl sites for hydroxylation is 1. The van der Waals surface area contributed by atoms with Gasteiger partial charge in [0, 0.05) is 61.9 Å². The standard InChI is InChI=1S/C57H58ClN5O2/c1-3-5-7-9-11-17-32-57(33-18-12-10-8-6-4-2)49-37-41(54-60-59-53(64-54)40-28-31-52-48(36-40)46-23-15-16-25-51(46)63(52)35-34-58)26-29-44(49)45-30-27-42(38-50(45)57)55-61-62-56(65-55)47-24-19-21-39-20-13-14-22-43(39)47/h13-16,19-31,36-38H,3-12,17-18,32-35H2,1-2H3. The molecule has 0 unspecified atom stereocenters. The van der Waals surface area contributed by atoms with E-state index in [0.29, 0.717) is 29.4 Å². The Morgan fingerprint density at radius 1 is 0.462 bits per heavy atom. The molecule has 0 N–H and O–H groups in total. The van der Waals surface area contributed by atoms with Gasteiger partial charge < -0.3 is 13.4 Å². The van der Waals surface area contributed by atoms with Gasteiger partial charge in [0.15, 0.2) is 0 Å². The number of fused-ring (bicyclic) bond motifs is 7. The van der Waals surface area contributed by atoms with E-state index in [-0.39, 0.29) is 5.41 Å². The highest BCUT2D eigenvalue weighted by Gasteiger charge is 2.43. The summed E-state index contributed by atoms with van der Waals surface area (Å²) in [5, 5.41) is 23.2. The molecular formula is C57H58ClN5O2. The summed E-state index contributed by atoms with van der Waals surface area (Å²) in [5.41, 5.74) is 11.2. The van der Waals surface area contributed by atoms with E-state index in [2.05, 4.69) is 155 Å². The van der Waals surface area contributed by atoms with E-state index in [0.717, 1.165) is 76.2 Å². The van der Waals surface area contributed by atoms with Gasteiger partial charge in [0.2, 0.25) is 23.6 Å². The maximum Gasteiger partial charge on any atom is 0.248 e. The monoisotopic (exact) mass is 879 g/mol. The Morgan fingerprint density at radius 2 is 0.969 bits per heavy atom. The fourth-order valence-corrected chi connectivity index (χ4v) is 10.8. The van der Waals surface area contributed by atoms with Gasteiger partial charge in [0.05, 0.1) is 0 Å². The Kier molecular flexibility index (Phi) is 12.7. The van der Waals surface area contributed by atoms with Crippen LogP contribution in [-0.2, 0) is 12.0 Å². The second-order valence-corrected chi connectivity index (χ2v) is 18.5. The topological polar surface area (TPSA) is 82.8 Å².